The second kappa shape index (κ2) is 4.73. The Hall–Kier alpha value is -1.96. The molecule has 0 fully saturated rings. The molecule has 2 nitrogen and oxygen atoms in total. The third kappa shape index (κ3) is 2.06. The number of rotatable bonds is 3. The van der Waals surface area contributed by atoms with Crippen LogP contribution in [0.15, 0.2) is 48.7 Å². The highest BCUT2D eigenvalue weighted by atomic mass is 16.1. The lowest BCUT2D eigenvalue weighted by molar-refractivity contribution is -0.690. The Morgan fingerprint density at radius 3 is 2.72 bits per heavy atom. The van der Waals surface area contributed by atoms with Gasteiger partial charge in [0.05, 0.1) is 0 Å². The molecule has 1 aliphatic rings. The van der Waals surface area contributed by atoms with Gasteiger partial charge in [-0.1, -0.05) is 30.3 Å². The standard InChI is InChI=1S/C16H16NO/c18-16(14-6-2-1-3-7-14)12-17-11-5-9-13-8-4-10-15(13)17/h1-3,5-7,9,11H,4,8,10,12H2/q+1. The van der Waals surface area contributed by atoms with Crippen molar-refractivity contribution in [3.63, 3.8) is 0 Å². The van der Waals surface area contributed by atoms with E-state index in [2.05, 4.69) is 10.6 Å². The van der Waals surface area contributed by atoms with Crippen molar-refractivity contribution < 1.29 is 9.36 Å². The predicted octanol–water partition coefficient (Wildman–Crippen LogP) is 2.35. The van der Waals surface area contributed by atoms with Crippen molar-refractivity contribution in [1.29, 1.82) is 0 Å². The minimum Gasteiger partial charge on any atom is -0.287 e. The number of fused-ring (bicyclic) bond motifs is 1. The number of ketones is 1. The average Bonchev–Trinajstić information content (AvgIpc) is 2.89. The van der Waals surface area contributed by atoms with Crippen LogP contribution < -0.4 is 4.57 Å². The SMILES string of the molecule is O=C(C[n+]1cccc2c1CCC2)c1ccccc1. The molecule has 2 heteroatoms. The highest BCUT2D eigenvalue weighted by Gasteiger charge is 2.23. The van der Waals surface area contributed by atoms with E-state index in [1.807, 2.05) is 42.6 Å². The van der Waals surface area contributed by atoms with E-state index in [9.17, 15) is 4.79 Å². The van der Waals surface area contributed by atoms with Crippen molar-refractivity contribution in [2.75, 3.05) is 0 Å². The van der Waals surface area contributed by atoms with E-state index in [1.165, 1.54) is 17.7 Å². The van der Waals surface area contributed by atoms with Crippen LogP contribution in [0.4, 0.5) is 0 Å². The zero-order chi connectivity index (χ0) is 12.4. The van der Waals surface area contributed by atoms with Crippen LogP contribution in [0.1, 0.15) is 28.0 Å². The quantitative estimate of drug-likeness (QED) is 0.594. The molecule has 1 aromatic heterocycles. The van der Waals surface area contributed by atoms with Crippen LogP contribution in [0.25, 0.3) is 0 Å². The first-order valence-electron chi connectivity index (χ1n) is 6.43. The topological polar surface area (TPSA) is 20.9 Å². The van der Waals surface area contributed by atoms with Crippen LogP contribution in [0.5, 0.6) is 0 Å². The second-order valence-corrected chi connectivity index (χ2v) is 4.75. The Kier molecular flexibility index (Phi) is 2.93. The van der Waals surface area contributed by atoms with Gasteiger partial charge in [0.2, 0.25) is 12.3 Å². The Morgan fingerprint density at radius 2 is 1.89 bits per heavy atom. The van der Waals surface area contributed by atoms with Crippen LogP contribution in [0, 0.1) is 0 Å². The molecule has 0 unspecified atom stereocenters. The van der Waals surface area contributed by atoms with Crippen molar-refractivity contribution in [2.24, 2.45) is 0 Å². The number of nitrogens with zero attached hydrogens (tertiary/aromatic N) is 1. The molecule has 1 heterocycles. The van der Waals surface area contributed by atoms with Gasteiger partial charge in [-0.2, -0.15) is 4.57 Å². The lowest BCUT2D eigenvalue weighted by Gasteiger charge is -2.02. The molecule has 0 N–H and O–H groups in total. The molecule has 0 radical (unpaired) electrons. The van der Waals surface area contributed by atoms with Gasteiger partial charge in [-0.3, -0.25) is 4.79 Å². The third-order valence-corrected chi connectivity index (χ3v) is 3.55. The molecule has 0 saturated carbocycles. The van der Waals surface area contributed by atoms with Gasteiger partial charge >= 0.3 is 0 Å². The van der Waals surface area contributed by atoms with E-state index >= 15 is 0 Å². The molecule has 0 atom stereocenters. The lowest BCUT2D eigenvalue weighted by Crippen LogP contribution is -2.41. The van der Waals surface area contributed by atoms with Gasteiger partial charge in [0.25, 0.3) is 0 Å². The van der Waals surface area contributed by atoms with Crippen molar-refractivity contribution >= 4 is 5.78 Å². The normalized spacial score (nSPS) is 13.3. The number of benzene rings is 1. The molecule has 18 heavy (non-hydrogen) atoms. The first kappa shape index (κ1) is 11.1. The van der Waals surface area contributed by atoms with Gasteiger partial charge in [-0.05, 0) is 18.9 Å². The second-order valence-electron chi connectivity index (χ2n) is 4.75. The fourth-order valence-corrected chi connectivity index (χ4v) is 2.63. The summed E-state index contributed by atoms with van der Waals surface area (Å²) >= 11 is 0. The van der Waals surface area contributed by atoms with Crippen molar-refractivity contribution in [1.82, 2.24) is 0 Å². The fourth-order valence-electron chi connectivity index (χ4n) is 2.63. The summed E-state index contributed by atoms with van der Waals surface area (Å²) in [5, 5.41) is 0. The maximum absolute atomic E-state index is 12.2. The van der Waals surface area contributed by atoms with E-state index in [0.717, 1.165) is 18.4 Å². The number of aromatic nitrogens is 1. The van der Waals surface area contributed by atoms with Gasteiger partial charge in [0, 0.05) is 23.6 Å². The highest BCUT2D eigenvalue weighted by Crippen LogP contribution is 2.17. The zero-order valence-corrected chi connectivity index (χ0v) is 10.3. The summed E-state index contributed by atoms with van der Waals surface area (Å²) in [6, 6.07) is 13.7. The van der Waals surface area contributed by atoms with Gasteiger partial charge in [0.1, 0.15) is 0 Å². The summed E-state index contributed by atoms with van der Waals surface area (Å²) in [6.45, 7) is 0.452. The van der Waals surface area contributed by atoms with E-state index in [4.69, 9.17) is 0 Å². The molecule has 0 saturated heterocycles. The fraction of sp³-hybridized carbons (Fsp3) is 0.250. The summed E-state index contributed by atoms with van der Waals surface area (Å²) in [4.78, 5) is 12.2. The van der Waals surface area contributed by atoms with Gasteiger partial charge < -0.3 is 0 Å². The van der Waals surface area contributed by atoms with Gasteiger partial charge in [-0.15, -0.1) is 0 Å². The summed E-state index contributed by atoms with van der Waals surface area (Å²) in [5.74, 6) is 0.181. The number of pyridine rings is 1. The number of carbonyl (C=O) groups excluding carboxylic acids is 1. The number of hydrogen-bond donors (Lipinski definition) is 0. The Morgan fingerprint density at radius 1 is 1.06 bits per heavy atom. The molecule has 3 rings (SSSR count). The predicted molar refractivity (Wildman–Crippen MR) is 69.4 cm³/mol. The van der Waals surface area contributed by atoms with E-state index in [1.54, 1.807) is 0 Å². The molecule has 1 aliphatic carbocycles. The van der Waals surface area contributed by atoms with Crippen molar-refractivity contribution in [2.45, 2.75) is 25.8 Å². The van der Waals surface area contributed by atoms with Crippen molar-refractivity contribution in [3.05, 3.63) is 65.5 Å². The van der Waals surface area contributed by atoms with Crippen LogP contribution >= 0.6 is 0 Å². The number of hydrogen-bond acceptors (Lipinski definition) is 1. The summed E-state index contributed by atoms with van der Waals surface area (Å²) in [6.07, 6.45) is 5.47. The van der Waals surface area contributed by atoms with Gasteiger partial charge in [0.15, 0.2) is 11.9 Å². The molecule has 0 bridgehead atoms. The summed E-state index contributed by atoms with van der Waals surface area (Å²) in [7, 11) is 0. The van der Waals surface area contributed by atoms with E-state index < -0.39 is 0 Å². The van der Waals surface area contributed by atoms with Crippen LogP contribution in [0.3, 0.4) is 0 Å². The number of carbonyl (C=O) groups is 1. The summed E-state index contributed by atoms with van der Waals surface area (Å²) in [5.41, 5.74) is 3.53. The maximum Gasteiger partial charge on any atom is 0.227 e. The Bertz CT molecular complexity index is 575. The Balaban J connectivity index is 1.86. The molecule has 0 aliphatic heterocycles. The first-order chi connectivity index (χ1) is 8.84. The van der Waals surface area contributed by atoms with Gasteiger partial charge in [-0.25, -0.2) is 0 Å². The van der Waals surface area contributed by atoms with Crippen LogP contribution in [0.2, 0.25) is 0 Å². The molecule has 90 valence electrons. The molecular weight excluding hydrogens is 222 g/mol. The molecule has 1 aromatic carbocycles. The monoisotopic (exact) mass is 238 g/mol. The first-order valence-corrected chi connectivity index (χ1v) is 6.43. The third-order valence-electron chi connectivity index (χ3n) is 3.55. The molecule has 0 amide bonds. The highest BCUT2D eigenvalue weighted by molar-refractivity contribution is 5.94. The van der Waals surface area contributed by atoms with E-state index in [-0.39, 0.29) is 5.78 Å². The van der Waals surface area contributed by atoms with Crippen LogP contribution in [-0.2, 0) is 19.4 Å². The van der Waals surface area contributed by atoms with E-state index in [0.29, 0.717) is 6.54 Å². The number of aryl methyl sites for hydroxylation is 1. The molecule has 0 spiro atoms. The number of Topliss-reactive ketones (excluding diaryl/α,β-unsaturated/α-hetero) is 1. The molecular formula is C16H16NO+. The summed E-state index contributed by atoms with van der Waals surface area (Å²) < 4.78 is 2.11. The maximum atomic E-state index is 12.2. The lowest BCUT2D eigenvalue weighted by atomic mass is 10.1. The molecule has 2 aromatic rings. The largest absolute Gasteiger partial charge is 0.287 e. The Labute approximate surface area is 107 Å². The minimum absolute atomic E-state index is 0.181. The average molecular weight is 238 g/mol. The van der Waals surface area contributed by atoms with Crippen molar-refractivity contribution in [3.8, 4) is 0 Å². The van der Waals surface area contributed by atoms with Crippen LogP contribution in [-0.4, -0.2) is 5.78 Å². The minimum atomic E-state index is 0.181. The zero-order valence-electron chi connectivity index (χ0n) is 10.3. The smallest absolute Gasteiger partial charge is 0.227 e.